The summed E-state index contributed by atoms with van der Waals surface area (Å²) in [5.74, 6) is -0.0516. The van der Waals surface area contributed by atoms with Gasteiger partial charge in [-0.2, -0.15) is 0 Å². The van der Waals surface area contributed by atoms with Gasteiger partial charge in [-0.1, -0.05) is 19.3 Å². The molecule has 1 saturated carbocycles. The Hall–Kier alpha value is -0.610. The molecule has 1 rings (SSSR count). The minimum Gasteiger partial charge on any atom is -0.480 e. The topological polar surface area (TPSA) is 58.6 Å². The lowest BCUT2D eigenvalue weighted by molar-refractivity contribution is -0.146. The molecule has 2 N–H and O–H groups in total. The SMILES string of the molecule is CNC(C)(COCCC1CCC1)C(=O)O. The van der Waals surface area contributed by atoms with E-state index in [9.17, 15) is 4.79 Å². The second kappa shape index (κ2) is 5.47. The summed E-state index contributed by atoms with van der Waals surface area (Å²) >= 11 is 0. The van der Waals surface area contributed by atoms with Gasteiger partial charge >= 0.3 is 5.97 Å². The van der Waals surface area contributed by atoms with Crippen molar-refractivity contribution in [3.8, 4) is 0 Å². The monoisotopic (exact) mass is 215 g/mol. The van der Waals surface area contributed by atoms with Crippen LogP contribution in [0.25, 0.3) is 0 Å². The van der Waals surface area contributed by atoms with Crippen LogP contribution in [0.2, 0.25) is 0 Å². The molecule has 4 heteroatoms. The third kappa shape index (κ3) is 3.47. The van der Waals surface area contributed by atoms with Gasteiger partial charge < -0.3 is 15.2 Å². The molecule has 1 aliphatic rings. The minimum atomic E-state index is -0.959. The number of aliphatic carboxylic acids is 1. The second-order valence-electron chi connectivity index (χ2n) is 4.53. The molecule has 1 aliphatic carbocycles. The molecule has 88 valence electrons. The zero-order valence-electron chi connectivity index (χ0n) is 9.58. The van der Waals surface area contributed by atoms with Gasteiger partial charge in [-0.3, -0.25) is 4.79 Å². The highest BCUT2D eigenvalue weighted by Gasteiger charge is 2.31. The van der Waals surface area contributed by atoms with Crippen molar-refractivity contribution >= 4 is 5.97 Å². The number of nitrogens with one attached hydrogen (secondary N) is 1. The number of carboxylic acid groups (broad SMARTS) is 1. The average Bonchev–Trinajstić information content (AvgIpc) is 2.14. The fraction of sp³-hybridized carbons (Fsp3) is 0.909. The molecule has 0 radical (unpaired) electrons. The molecule has 0 aromatic carbocycles. The number of rotatable bonds is 7. The second-order valence-corrected chi connectivity index (χ2v) is 4.53. The quantitative estimate of drug-likeness (QED) is 0.628. The summed E-state index contributed by atoms with van der Waals surface area (Å²) < 4.78 is 5.41. The van der Waals surface area contributed by atoms with Crippen molar-refractivity contribution in [3.63, 3.8) is 0 Å². The first-order valence-electron chi connectivity index (χ1n) is 5.58. The Kier molecular flexibility index (Phi) is 4.54. The van der Waals surface area contributed by atoms with Crippen LogP contribution in [-0.4, -0.2) is 36.9 Å². The lowest BCUT2D eigenvalue weighted by atomic mass is 9.83. The zero-order chi connectivity index (χ0) is 11.3. The maximum absolute atomic E-state index is 10.9. The summed E-state index contributed by atoms with van der Waals surface area (Å²) in [4.78, 5) is 10.9. The molecule has 0 spiro atoms. The van der Waals surface area contributed by atoms with E-state index in [0.29, 0.717) is 6.61 Å². The summed E-state index contributed by atoms with van der Waals surface area (Å²) in [6.07, 6.45) is 5.03. The van der Waals surface area contributed by atoms with Crippen molar-refractivity contribution in [1.29, 1.82) is 0 Å². The Labute approximate surface area is 91.0 Å². The summed E-state index contributed by atoms with van der Waals surface area (Å²) in [5.41, 5.74) is -0.959. The lowest BCUT2D eigenvalue weighted by Crippen LogP contribution is -2.51. The Balaban J connectivity index is 2.13. The molecule has 1 unspecified atom stereocenters. The standard InChI is InChI=1S/C11H21NO3/c1-11(12-2,10(13)14)8-15-7-6-9-4-3-5-9/h9,12H,3-8H2,1-2H3,(H,13,14). The zero-order valence-corrected chi connectivity index (χ0v) is 9.58. The van der Waals surface area contributed by atoms with E-state index in [4.69, 9.17) is 9.84 Å². The fourth-order valence-corrected chi connectivity index (χ4v) is 1.55. The molecular formula is C11H21NO3. The number of ether oxygens (including phenoxy) is 1. The van der Waals surface area contributed by atoms with Crippen molar-refractivity contribution in [1.82, 2.24) is 5.32 Å². The highest BCUT2D eigenvalue weighted by Crippen LogP contribution is 2.29. The molecule has 0 bridgehead atoms. The van der Waals surface area contributed by atoms with E-state index in [0.717, 1.165) is 12.3 Å². The van der Waals surface area contributed by atoms with Gasteiger partial charge in [0.2, 0.25) is 0 Å². The van der Waals surface area contributed by atoms with Gasteiger partial charge in [-0.15, -0.1) is 0 Å². The van der Waals surface area contributed by atoms with Crippen molar-refractivity contribution in [2.24, 2.45) is 5.92 Å². The van der Waals surface area contributed by atoms with Crippen LogP contribution < -0.4 is 5.32 Å². The van der Waals surface area contributed by atoms with Gasteiger partial charge in [0.05, 0.1) is 6.61 Å². The Bertz CT molecular complexity index is 216. The van der Waals surface area contributed by atoms with Crippen LogP contribution in [0, 0.1) is 5.92 Å². The van der Waals surface area contributed by atoms with Crippen LogP contribution in [-0.2, 0) is 9.53 Å². The maximum Gasteiger partial charge on any atom is 0.326 e. The van der Waals surface area contributed by atoms with Gasteiger partial charge in [0, 0.05) is 6.61 Å². The first-order valence-corrected chi connectivity index (χ1v) is 5.58. The summed E-state index contributed by atoms with van der Waals surface area (Å²) in [6.45, 7) is 2.54. The lowest BCUT2D eigenvalue weighted by Gasteiger charge is -2.27. The van der Waals surface area contributed by atoms with Gasteiger partial charge in [-0.05, 0) is 26.3 Å². The van der Waals surface area contributed by atoms with Crippen molar-refractivity contribution in [3.05, 3.63) is 0 Å². The van der Waals surface area contributed by atoms with E-state index in [2.05, 4.69) is 5.32 Å². The first kappa shape index (κ1) is 12.5. The van der Waals surface area contributed by atoms with Crippen LogP contribution in [0.3, 0.4) is 0 Å². The number of carbonyl (C=O) groups is 1. The van der Waals surface area contributed by atoms with Gasteiger partial charge in [0.1, 0.15) is 5.54 Å². The fourth-order valence-electron chi connectivity index (χ4n) is 1.55. The van der Waals surface area contributed by atoms with E-state index in [-0.39, 0.29) is 6.61 Å². The van der Waals surface area contributed by atoms with E-state index in [1.165, 1.54) is 19.3 Å². The van der Waals surface area contributed by atoms with Crippen LogP contribution in [0.5, 0.6) is 0 Å². The third-order valence-corrected chi connectivity index (χ3v) is 3.31. The van der Waals surface area contributed by atoms with Crippen molar-refractivity contribution in [2.45, 2.75) is 38.1 Å². The van der Waals surface area contributed by atoms with Crippen LogP contribution >= 0.6 is 0 Å². The Morgan fingerprint density at radius 1 is 1.60 bits per heavy atom. The van der Waals surface area contributed by atoms with E-state index in [1.807, 2.05) is 0 Å². The smallest absolute Gasteiger partial charge is 0.326 e. The average molecular weight is 215 g/mol. The highest BCUT2D eigenvalue weighted by molar-refractivity contribution is 5.78. The molecule has 15 heavy (non-hydrogen) atoms. The molecule has 1 fully saturated rings. The minimum absolute atomic E-state index is 0.228. The van der Waals surface area contributed by atoms with Gasteiger partial charge in [-0.25, -0.2) is 0 Å². The summed E-state index contributed by atoms with van der Waals surface area (Å²) in [6, 6.07) is 0. The van der Waals surface area contributed by atoms with Gasteiger partial charge in [0.15, 0.2) is 0 Å². The molecule has 1 atom stereocenters. The van der Waals surface area contributed by atoms with Crippen molar-refractivity contribution in [2.75, 3.05) is 20.3 Å². The molecule has 0 aromatic heterocycles. The number of hydrogen-bond acceptors (Lipinski definition) is 3. The Morgan fingerprint density at radius 2 is 2.27 bits per heavy atom. The van der Waals surface area contributed by atoms with Gasteiger partial charge in [0.25, 0.3) is 0 Å². The third-order valence-electron chi connectivity index (χ3n) is 3.31. The normalized spacial score (nSPS) is 20.7. The molecule has 0 aliphatic heterocycles. The summed E-state index contributed by atoms with van der Waals surface area (Å²) in [5, 5.41) is 11.7. The maximum atomic E-state index is 10.9. The van der Waals surface area contributed by atoms with Crippen LogP contribution in [0.4, 0.5) is 0 Å². The van der Waals surface area contributed by atoms with Crippen LogP contribution in [0.15, 0.2) is 0 Å². The molecule has 0 amide bonds. The predicted molar refractivity (Wildman–Crippen MR) is 57.9 cm³/mol. The predicted octanol–water partition coefficient (Wildman–Crippen LogP) is 1.26. The number of likely N-dealkylation sites (N-methyl/N-ethyl adjacent to an activating group) is 1. The molecule has 0 aromatic rings. The summed E-state index contributed by atoms with van der Waals surface area (Å²) in [7, 11) is 1.64. The largest absolute Gasteiger partial charge is 0.480 e. The van der Waals surface area contributed by atoms with E-state index in [1.54, 1.807) is 14.0 Å². The molecule has 4 nitrogen and oxygen atoms in total. The van der Waals surface area contributed by atoms with E-state index >= 15 is 0 Å². The highest BCUT2D eigenvalue weighted by atomic mass is 16.5. The van der Waals surface area contributed by atoms with Crippen LogP contribution in [0.1, 0.15) is 32.6 Å². The molecule has 0 heterocycles. The Morgan fingerprint density at radius 3 is 2.67 bits per heavy atom. The number of carboxylic acids is 1. The first-order chi connectivity index (χ1) is 7.08. The number of hydrogen-bond donors (Lipinski definition) is 2. The van der Waals surface area contributed by atoms with E-state index < -0.39 is 11.5 Å². The molecular weight excluding hydrogens is 194 g/mol. The molecule has 0 saturated heterocycles. The van der Waals surface area contributed by atoms with Crippen molar-refractivity contribution < 1.29 is 14.6 Å².